The van der Waals surface area contributed by atoms with E-state index >= 15 is 0 Å². The highest BCUT2D eigenvalue weighted by atomic mass is 35.5. The minimum Gasteiger partial charge on any atom is -0.481 e. The number of aliphatic carboxylic acids is 2. The molecule has 4 rings (SSSR count). The van der Waals surface area contributed by atoms with Crippen molar-refractivity contribution in [2.45, 2.75) is 24.9 Å². The van der Waals surface area contributed by atoms with Crippen LogP contribution in [0.3, 0.4) is 0 Å². The van der Waals surface area contributed by atoms with Crippen molar-refractivity contribution in [1.29, 1.82) is 0 Å². The molecule has 0 bridgehead atoms. The molecule has 2 aromatic rings. The van der Waals surface area contributed by atoms with Gasteiger partial charge in [-0.2, -0.15) is 4.98 Å². The highest BCUT2D eigenvalue weighted by Gasteiger charge is 2.44. The highest BCUT2D eigenvalue weighted by molar-refractivity contribution is 6.09. The molecule has 1 fully saturated rings. The number of anilines is 4. The summed E-state index contributed by atoms with van der Waals surface area (Å²) >= 11 is 0. The van der Waals surface area contributed by atoms with Gasteiger partial charge in [-0.1, -0.05) is 0 Å². The first-order chi connectivity index (χ1) is 16.2. The van der Waals surface area contributed by atoms with Crippen LogP contribution < -0.4 is 31.7 Å². The maximum Gasteiger partial charge on any atom is 0.329 e. The number of aromatic nitrogens is 2. The smallest absolute Gasteiger partial charge is 0.329 e. The second-order valence-electron chi connectivity index (χ2n) is 7.79. The zero-order valence-corrected chi connectivity index (χ0v) is 18.9. The number of nitrogens with two attached hydrogens (primary N) is 1. The van der Waals surface area contributed by atoms with E-state index in [1.807, 2.05) is 0 Å². The molecule has 14 nitrogen and oxygen atoms in total. The molecular formula is C20H22ClN7O7. The number of urea groups is 1. The topological polar surface area (TPSA) is 211 Å². The summed E-state index contributed by atoms with van der Waals surface area (Å²) in [5.41, 5.74) is 5.72. The first kappa shape index (κ1) is 25.3. The summed E-state index contributed by atoms with van der Waals surface area (Å²) < 4.78 is 0. The Balaban J connectivity index is 0.00000342. The molecule has 35 heavy (non-hydrogen) atoms. The summed E-state index contributed by atoms with van der Waals surface area (Å²) in [7, 11) is 0. The van der Waals surface area contributed by atoms with Crippen LogP contribution in [0, 0.1) is 0 Å². The van der Waals surface area contributed by atoms with Gasteiger partial charge in [0.1, 0.15) is 6.04 Å². The number of carbonyl (C=O) groups excluding carboxylic acids is 2. The van der Waals surface area contributed by atoms with Gasteiger partial charge in [-0.3, -0.25) is 29.2 Å². The number of fused-ring (bicyclic) bond motifs is 3. The molecule has 0 aliphatic carbocycles. The Labute approximate surface area is 203 Å². The molecule has 3 amide bonds. The Morgan fingerprint density at radius 2 is 1.89 bits per heavy atom. The van der Waals surface area contributed by atoms with Gasteiger partial charge in [-0.15, -0.1) is 12.4 Å². The predicted molar refractivity (Wildman–Crippen MR) is 126 cm³/mol. The Kier molecular flexibility index (Phi) is 7.14. The number of aromatic amines is 1. The van der Waals surface area contributed by atoms with Crippen LogP contribution in [0.4, 0.5) is 27.9 Å². The van der Waals surface area contributed by atoms with E-state index < -0.39 is 41.9 Å². The quantitative estimate of drug-likeness (QED) is 0.296. The van der Waals surface area contributed by atoms with E-state index in [-0.39, 0.29) is 54.4 Å². The Morgan fingerprint density at radius 1 is 1.20 bits per heavy atom. The summed E-state index contributed by atoms with van der Waals surface area (Å²) in [4.78, 5) is 69.2. The Bertz CT molecular complexity index is 1230. The second-order valence-corrected chi connectivity index (χ2v) is 7.79. The molecule has 2 unspecified atom stereocenters. The molecular weight excluding hydrogens is 486 g/mol. The number of benzene rings is 1. The fourth-order valence-electron chi connectivity index (χ4n) is 3.91. The lowest BCUT2D eigenvalue weighted by atomic mass is 10.1. The van der Waals surface area contributed by atoms with E-state index in [4.69, 9.17) is 10.8 Å². The number of nitrogens with zero attached hydrogens (tertiary/aromatic N) is 3. The third-order valence-electron chi connectivity index (χ3n) is 5.55. The summed E-state index contributed by atoms with van der Waals surface area (Å²) in [6, 6.07) is 3.77. The summed E-state index contributed by atoms with van der Waals surface area (Å²) in [6.07, 6.45) is -0.670. The van der Waals surface area contributed by atoms with Crippen LogP contribution in [0.5, 0.6) is 0 Å². The lowest BCUT2D eigenvalue weighted by molar-refractivity contribution is -0.140. The van der Waals surface area contributed by atoms with Gasteiger partial charge in [0.2, 0.25) is 5.95 Å². The third-order valence-corrected chi connectivity index (χ3v) is 5.55. The van der Waals surface area contributed by atoms with Gasteiger partial charge in [0.15, 0.2) is 11.5 Å². The first-order valence-electron chi connectivity index (χ1n) is 10.3. The van der Waals surface area contributed by atoms with Gasteiger partial charge in [-0.25, -0.2) is 9.59 Å². The van der Waals surface area contributed by atoms with Crippen molar-refractivity contribution in [2.24, 2.45) is 0 Å². The van der Waals surface area contributed by atoms with Crippen molar-refractivity contribution in [1.82, 2.24) is 15.3 Å². The lowest BCUT2D eigenvalue weighted by Crippen LogP contribution is -2.46. The number of nitrogens with one attached hydrogen (secondary N) is 3. The van der Waals surface area contributed by atoms with Crippen LogP contribution in [-0.2, 0) is 9.59 Å². The van der Waals surface area contributed by atoms with Gasteiger partial charge in [0.05, 0.1) is 12.6 Å². The van der Waals surface area contributed by atoms with E-state index in [0.29, 0.717) is 12.2 Å². The molecule has 3 heterocycles. The molecule has 1 aromatic carbocycles. The average Bonchev–Trinajstić information content (AvgIpc) is 3.12. The number of amides is 3. The minimum atomic E-state index is -1.35. The van der Waals surface area contributed by atoms with E-state index in [9.17, 15) is 29.1 Å². The van der Waals surface area contributed by atoms with Gasteiger partial charge in [0, 0.05) is 24.2 Å². The van der Waals surface area contributed by atoms with Crippen molar-refractivity contribution in [3.8, 4) is 0 Å². The third kappa shape index (κ3) is 4.96. The van der Waals surface area contributed by atoms with E-state index in [0.717, 1.165) is 0 Å². The number of H-pyrrole nitrogens is 1. The van der Waals surface area contributed by atoms with Crippen LogP contribution in [-0.4, -0.2) is 69.2 Å². The average molecular weight is 508 g/mol. The normalized spacial score (nSPS) is 16.9. The van der Waals surface area contributed by atoms with Crippen LogP contribution >= 0.6 is 12.4 Å². The molecule has 7 N–H and O–H groups in total. The van der Waals surface area contributed by atoms with E-state index in [1.165, 1.54) is 34.1 Å². The molecule has 2 atom stereocenters. The van der Waals surface area contributed by atoms with Crippen LogP contribution in [0.25, 0.3) is 0 Å². The van der Waals surface area contributed by atoms with Gasteiger partial charge in [-0.05, 0) is 30.7 Å². The zero-order valence-electron chi connectivity index (χ0n) is 18.1. The summed E-state index contributed by atoms with van der Waals surface area (Å²) in [5, 5.41) is 23.2. The number of carboxylic acid groups (broad SMARTS) is 2. The van der Waals surface area contributed by atoms with Crippen LogP contribution in [0.15, 0.2) is 29.1 Å². The number of hydrogen-bond donors (Lipinski definition) is 6. The summed E-state index contributed by atoms with van der Waals surface area (Å²) in [5.74, 6) is -3.06. The molecule has 1 aromatic heterocycles. The maximum atomic E-state index is 13.1. The fraction of sp³-hybridized carbons (Fsp3) is 0.300. The first-order valence-corrected chi connectivity index (χ1v) is 10.3. The molecule has 2 aliphatic rings. The Hall–Kier alpha value is -4.33. The number of rotatable bonds is 7. The molecule has 0 saturated carbocycles. The number of halogens is 1. The largest absolute Gasteiger partial charge is 0.481 e. The minimum absolute atomic E-state index is 0. The molecule has 1 saturated heterocycles. The monoisotopic (exact) mass is 507 g/mol. The predicted octanol–water partition coefficient (Wildman–Crippen LogP) is 0.0624. The molecule has 2 aliphatic heterocycles. The van der Waals surface area contributed by atoms with Crippen molar-refractivity contribution in [3.05, 3.63) is 40.2 Å². The fourth-order valence-corrected chi connectivity index (χ4v) is 3.91. The molecule has 0 radical (unpaired) electrons. The molecule has 186 valence electrons. The zero-order chi connectivity index (χ0) is 24.6. The van der Waals surface area contributed by atoms with Crippen molar-refractivity contribution < 1.29 is 29.4 Å². The van der Waals surface area contributed by atoms with Crippen molar-refractivity contribution >= 4 is 59.4 Å². The highest BCUT2D eigenvalue weighted by Crippen LogP contribution is 2.33. The van der Waals surface area contributed by atoms with E-state index in [2.05, 4.69) is 20.6 Å². The van der Waals surface area contributed by atoms with Crippen molar-refractivity contribution in [2.75, 3.05) is 33.9 Å². The lowest BCUT2D eigenvalue weighted by Gasteiger charge is -2.29. The van der Waals surface area contributed by atoms with Crippen LogP contribution in [0.1, 0.15) is 23.2 Å². The second kappa shape index (κ2) is 9.89. The Morgan fingerprint density at radius 3 is 2.51 bits per heavy atom. The van der Waals surface area contributed by atoms with Gasteiger partial charge < -0.3 is 26.6 Å². The van der Waals surface area contributed by atoms with Gasteiger partial charge >= 0.3 is 18.0 Å². The van der Waals surface area contributed by atoms with Gasteiger partial charge in [0.25, 0.3) is 11.5 Å². The number of nitrogen functional groups attached to an aromatic ring is 1. The van der Waals surface area contributed by atoms with E-state index in [1.54, 1.807) is 0 Å². The maximum absolute atomic E-state index is 13.1. The standard InChI is InChI=1S/C20H21N7O7.ClH/c21-19-24-15-14(17(31)25-19)27-11(7-22-15)8-26(20(27)34)10-3-1-9(2-4-10)16(30)23-12(18(32)33)5-6-13(28)29;/h1-4,11-12H,5-8H2,(H,23,30)(H,28,29)(H,32,33)(H4,21,22,24,25,31);1H. The SMILES string of the molecule is Cl.Nc1nc2c(c(=O)[nH]1)N1C(=O)N(c3ccc(C(=O)NC(CCC(=O)O)C(=O)O)cc3)CC1CN2. The van der Waals surface area contributed by atoms with Crippen molar-refractivity contribution in [3.63, 3.8) is 0 Å². The number of carbonyl (C=O) groups is 4. The number of hydrogen-bond acceptors (Lipinski definition) is 8. The van der Waals surface area contributed by atoms with Crippen LogP contribution in [0.2, 0.25) is 0 Å². The molecule has 15 heteroatoms. The summed E-state index contributed by atoms with van der Waals surface area (Å²) in [6.45, 7) is 0.634. The molecule has 0 spiro atoms. The number of carboxylic acids is 2.